The molecule has 1 heterocycles. The molecule has 150 valence electrons. The molecule has 0 aromatic heterocycles. The van der Waals surface area contributed by atoms with Gasteiger partial charge in [0.1, 0.15) is 5.57 Å². The van der Waals surface area contributed by atoms with Gasteiger partial charge in [0.15, 0.2) is 16.6 Å². The van der Waals surface area contributed by atoms with Crippen LogP contribution in [0, 0.1) is 0 Å². The summed E-state index contributed by atoms with van der Waals surface area (Å²) >= 11 is 17.5. The van der Waals surface area contributed by atoms with Crippen molar-refractivity contribution in [2.75, 3.05) is 18.6 Å². The van der Waals surface area contributed by atoms with Crippen molar-refractivity contribution in [2.45, 2.75) is 6.92 Å². The highest BCUT2D eigenvalue weighted by Crippen LogP contribution is 2.35. The van der Waals surface area contributed by atoms with Crippen LogP contribution in [-0.2, 0) is 9.59 Å². The molecule has 0 bridgehead atoms. The van der Waals surface area contributed by atoms with E-state index in [1.807, 2.05) is 6.92 Å². The van der Waals surface area contributed by atoms with Gasteiger partial charge in [0.2, 0.25) is 0 Å². The number of rotatable bonds is 5. The van der Waals surface area contributed by atoms with Crippen LogP contribution in [0.1, 0.15) is 12.5 Å². The second-order valence-corrected chi connectivity index (χ2v) is 7.05. The topological polar surface area (TPSA) is 67.9 Å². The predicted molar refractivity (Wildman–Crippen MR) is 117 cm³/mol. The van der Waals surface area contributed by atoms with E-state index < -0.39 is 11.8 Å². The van der Waals surface area contributed by atoms with E-state index in [1.54, 1.807) is 36.4 Å². The second-order valence-electron chi connectivity index (χ2n) is 5.87. The van der Waals surface area contributed by atoms with Crippen LogP contribution < -0.4 is 19.7 Å². The molecular weight excluding hydrogens is 435 g/mol. The smallest absolute Gasteiger partial charge is 0.270 e. The summed E-state index contributed by atoms with van der Waals surface area (Å²) in [4.78, 5) is 26.7. The number of carbonyl (C=O) groups excluding carboxylic acids is 2. The molecule has 1 aliphatic heterocycles. The van der Waals surface area contributed by atoms with E-state index in [0.29, 0.717) is 23.7 Å². The Labute approximate surface area is 183 Å². The van der Waals surface area contributed by atoms with Gasteiger partial charge in [-0.1, -0.05) is 35.3 Å². The van der Waals surface area contributed by atoms with Gasteiger partial charge >= 0.3 is 0 Å². The van der Waals surface area contributed by atoms with Gasteiger partial charge in [-0.3, -0.25) is 19.8 Å². The number of ether oxygens (including phenoxy) is 2. The molecule has 3 rings (SSSR count). The molecule has 0 spiro atoms. The van der Waals surface area contributed by atoms with Gasteiger partial charge in [-0.15, -0.1) is 0 Å². The molecule has 0 radical (unpaired) electrons. The number of methoxy groups -OCH3 is 1. The van der Waals surface area contributed by atoms with Crippen LogP contribution in [0.25, 0.3) is 6.08 Å². The lowest BCUT2D eigenvalue weighted by Crippen LogP contribution is -2.54. The highest BCUT2D eigenvalue weighted by molar-refractivity contribution is 7.80. The maximum atomic E-state index is 13.1. The van der Waals surface area contributed by atoms with E-state index in [9.17, 15) is 9.59 Å². The predicted octanol–water partition coefficient (Wildman–Crippen LogP) is 4.23. The normalized spacial score (nSPS) is 15.5. The Kier molecular flexibility index (Phi) is 6.42. The van der Waals surface area contributed by atoms with Crippen LogP contribution in [0.3, 0.4) is 0 Å². The summed E-state index contributed by atoms with van der Waals surface area (Å²) in [5.41, 5.74) is 0.754. The fourth-order valence-electron chi connectivity index (χ4n) is 2.76. The van der Waals surface area contributed by atoms with Crippen molar-refractivity contribution < 1.29 is 19.1 Å². The summed E-state index contributed by atoms with van der Waals surface area (Å²) in [6.07, 6.45) is 1.45. The Hall–Kier alpha value is -2.61. The number of amides is 2. The van der Waals surface area contributed by atoms with Crippen LogP contribution in [0.5, 0.6) is 11.5 Å². The van der Waals surface area contributed by atoms with Crippen molar-refractivity contribution in [3.63, 3.8) is 0 Å². The third-order valence-electron chi connectivity index (χ3n) is 4.07. The molecule has 1 N–H and O–H groups in total. The largest absolute Gasteiger partial charge is 0.493 e. The van der Waals surface area contributed by atoms with Gasteiger partial charge < -0.3 is 9.47 Å². The van der Waals surface area contributed by atoms with E-state index in [-0.39, 0.29) is 26.4 Å². The van der Waals surface area contributed by atoms with Crippen LogP contribution in [0.15, 0.2) is 42.0 Å². The van der Waals surface area contributed by atoms with E-state index in [4.69, 9.17) is 44.9 Å². The van der Waals surface area contributed by atoms with Crippen LogP contribution in [0.2, 0.25) is 10.0 Å². The lowest BCUT2D eigenvalue weighted by atomic mass is 10.1. The quantitative estimate of drug-likeness (QED) is 0.419. The Bertz CT molecular complexity index is 1040. The number of anilines is 1. The summed E-state index contributed by atoms with van der Waals surface area (Å²) in [5, 5.41) is 2.85. The molecule has 1 saturated heterocycles. The van der Waals surface area contributed by atoms with Crippen molar-refractivity contribution in [1.29, 1.82) is 0 Å². The lowest BCUT2D eigenvalue weighted by Gasteiger charge is -2.29. The SMILES string of the molecule is CCOc1cc(C=C2C(=O)NC(=S)N(c3cccc(Cl)c3Cl)C2=O)ccc1OC. The van der Waals surface area contributed by atoms with Crippen molar-refractivity contribution in [3.8, 4) is 11.5 Å². The van der Waals surface area contributed by atoms with Gasteiger partial charge in [-0.05, 0) is 55.0 Å². The third kappa shape index (κ3) is 4.22. The molecule has 2 aromatic carbocycles. The maximum Gasteiger partial charge on any atom is 0.270 e. The number of halogens is 2. The molecule has 6 nitrogen and oxygen atoms in total. The highest BCUT2D eigenvalue weighted by Gasteiger charge is 2.35. The Morgan fingerprint density at radius 1 is 1.17 bits per heavy atom. The number of thiocarbonyl (C=S) groups is 1. The lowest BCUT2D eigenvalue weighted by molar-refractivity contribution is -0.122. The van der Waals surface area contributed by atoms with Crippen molar-refractivity contribution in [2.24, 2.45) is 0 Å². The average molecular weight is 451 g/mol. The highest BCUT2D eigenvalue weighted by atomic mass is 35.5. The van der Waals surface area contributed by atoms with E-state index in [2.05, 4.69) is 5.32 Å². The van der Waals surface area contributed by atoms with Gasteiger partial charge in [-0.2, -0.15) is 0 Å². The summed E-state index contributed by atoms with van der Waals surface area (Å²) in [7, 11) is 1.53. The molecule has 0 unspecified atom stereocenters. The van der Waals surface area contributed by atoms with Crippen molar-refractivity contribution in [1.82, 2.24) is 5.32 Å². The van der Waals surface area contributed by atoms with Crippen LogP contribution in [0.4, 0.5) is 5.69 Å². The molecular formula is C20H16Cl2N2O4S. The molecule has 2 amide bonds. The molecule has 2 aromatic rings. The standard InChI is InChI=1S/C20H16Cl2N2O4S/c1-3-28-16-10-11(7-8-15(16)27-2)9-12-18(25)23-20(29)24(19(12)26)14-6-4-5-13(21)17(14)22/h4-10H,3H2,1-2H3,(H,23,25,29). The Morgan fingerprint density at radius 2 is 1.93 bits per heavy atom. The second kappa shape index (κ2) is 8.82. The van der Waals surface area contributed by atoms with Crippen LogP contribution >= 0.6 is 35.4 Å². The minimum absolute atomic E-state index is 0.0777. The van der Waals surface area contributed by atoms with Gasteiger partial charge in [0.05, 0.1) is 29.4 Å². The average Bonchev–Trinajstić information content (AvgIpc) is 2.69. The van der Waals surface area contributed by atoms with Crippen molar-refractivity contribution in [3.05, 3.63) is 57.6 Å². The third-order valence-corrected chi connectivity index (χ3v) is 5.17. The zero-order valence-electron chi connectivity index (χ0n) is 15.5. The Balaban J connectivity index is 2.04. The fraction of sp³-hybridized carbons (Fsp3) is 0.150. The van der Waals surface area contributed by atoms with E-state index in [1.165, 1.54) is 13.2 Å². The molecule has 1 aliphatic rings. The zero-order valence-corrected chi connectivity index (χ0v) is 17.8. The minimum Gasteiger partial charge on any atom is -0.493 e. The number of nitrogens with one attached hydrogen (secondary N) is 1. The fourth-order valence-corrected chi connectivity index (χ4v) is 3.41. The summed E-state index contributed by atoms with van der Waals surface area (Å²) in [5.74, 6) is -0.180. The van der Waals surface area contributed by atoms with Gasteiger partial charge in [0, 0.05) is 0 Å². The summed E-state index contributed by atoms with van der Waals surface area (Å²) in [6.45, 7) is 2.28. The molecule has 0 atom stereocenters. The first-order valence-corrected chi connectivity index (χ1v) is 9.70. The first kappa shape index (κ1) is 21.1. The maximum absolute atomic E-state index is 13.1. The first-order valence-electron chi connectivity index (χ1n) is 8.53. The number of nitrogens with zero attached hydrogens (tertiary/aromatic N) is 1. The minimum atomic E-state index is -0.614. The van der Waals surface area contributed by atoms with Crippen LogP contribution in [-0.4, -0.2) is 30.6 Å². The first-order chi connectivity index (χ1) is 13.9. The number of carbonyl (C=O) groups is 2. The van der Waals surface area contributed by atoms with E-state index >= 15 is 0 Å². The summed E-state index contributed by atoms with van der Waals surface area (Å²) < 4.78 is 10.8. The molecule has 0 saturated carbocycles. The van der Waals surface area contributed by atoms with E-state index in [0.717, 1.165) is 4.90 Å². The number of benzene rings is 2. The number of hydrogen-bond acceptors (Lipinski definition) is 5. The zero-order chi connectivity index (χ0) is 21.1. The van der Waals surface area contributed by atoms with Gasteiger partial charge in [-0.25, -0.2) is 0 Å². The van der Waals surface area contributed by atoms with Gasteiger partial charge in [0.25, 0.3) is 11.8 Å². The Morgan fingerprint density at radius 3 is 2.62 bits per heavy atom. The monoisotopic (exact) mass is 450 g/mol. The molecule has 9 heteroatoms. The molecule has 29 heavy (non-hydrogen) atoms. The molecule has 0 aliphatic carbocycles. The van der Waals surface area contributed by atoms with Crippen molar-refractivity contribution >= 4 is 64.1 Å². The summed E-state index contributed by atoms with van der Waals surface area (Å²) in [6, 6.07) is 9.90. The molecule has 1 fully saturated rings. The number of hydrogen-bond donors (Lipinski definition) is 1.